The molecule has 0 spiro atoms. The van der Waals surface area contributed by atoms with Gasteiger partial charge in [0.15, 0.2) is 5.82 Å². The van der Waals surface area contributed by atoms with Gasteiger partial charge in [-0.3, -0.25) is 5.10 Å². The fourth-order valence-corrected chi connectivity index (χ4v) is 1.34. The zero-order valence-corrected chi connectivity index (χ0v) is 7.89. The second-order valence-electron chi connectivity index (χ2n) is 3.18. The molecule has 1 unspecified atom stereocenters. The van der Waals surface area contributed by atoms with Gasteiger partial charge >= 0.3 is 0 Å². The highest BCUT2D eigenvalue weighted by Gasteiger charge is 2.13. The minimum Gasteiger partial charge on any atom is -0.385 e. The normalized spacial score (nSPS) is 12.7. The van der Waals surface area contributed by atoms with Crippen molar-refractivity contribution in [3.8, 4) is 0 Å². The molecule has 0 aliphatic rings. The van der Waals surface area contributed by atoms with Crippen LogP contribution in [0.3, 0.4) is 0 Å². The number of H-pyrrole nitrogens is 1. The monoisotopic (exact) mass is 207 g/mol. The topological polar surface area (TPSA) is 61.8 Å². The summed E-state index contributed by atoms with van der Waals surface area (Å²) in [5.41, 5.74) is 0.460. The second kappa shape index (κ2) is 4.18. The highest BCUT2D eigenvalue weighted by molar-refractivity contribution is 5.18. The largest absolute Gasteiger partial charge is 0.385 e. The fraction of sp³-hybridized carbons (Fsp3) is 0.200. The molecule has 1 atom stereocenters. The molecule has 0 saturated carbocycles. The van der Waals surface area contributed by atoms with Gasteiger partial charge < -0.3 is 5.11 Å². The lowest BCUT2D eigenvalue weighted by Gasteiger charge is -2.07. The highest BCUT2D eigenvalue weighted by Crippen LogP contribution is 2.16. The fourth-order valence-electron chi connectivity index (χ4n) is 1.34. The first-order valence-electron chi connectivity index (χ1n) is 4.54. The predicted molar refractivity (Wildman–Crippen MR) is 51.4 cm³/mol. The molecule has 78 valence electrons. The molecule has 1 heterocycles. The van der Waals surface area contributed by atoms with Gasteiger partial charge in [-0.25, -0.2) is 9.37 Å². The molecule has 4 nitrogen and oxygen atoms in total. The van der Waals surface area contributed by atoms with Gasteiger partial charge in [0.2, 0.25) is 0 Å². The van der Waals surface area contributed by atoms with Crippen LogP contribution in [0.15, 0.2) is 30.6 Å². The molecule has 15 heavy (non-hydrogen) atoms. The standard InChI is InChI=1S/C10H10FN3O/c11-8-4-2-1-3-7(8)5-9(15)10-12-6-13-14-10/h1-4,6,9,15H,5H2,(H,12,13,14). The number of rotatable bonds is 3. The van der Waals surface area contributed by atoms with E-state index in [0.29, 0.717) is 11.4 Å². The van der Waals surface area contributed by atoms with Crippen LogP contribution >= 0.6 is 0 Å². The van der Waals surface area contributed by atoms with Gasteiger partial charge in [0.1, 0.15) is 18.2 Å². The van der Waals surface area contributed by atoms with Crippen LogP contribution in [0.5, 0.6) is 0 Å². The molecule has 0 saturated heterocycles. The minimum atomic E-state index is -0.857. The number of benzene rings is 1. The Morgan fingerprint density at radius 3 is 2.87 bits per heavy atom. The van der Waals surface area contributed by atoms with Crippen LogP contribution in [0.4, 0.5) is 4.39 Å². The second-order valence-corrected chi connectivity index (χ2v) is 3.18. The van der Waals surface area contributed by atoms with E-state index in [0.717, 1.165) is 0 Å². The molecule has 2 rings (SSSR count). The van der Waals surface area contributed by atoms with Crippen molar-refractivity contribution in [3.63, 3.8) is 0 Å². The molecule has 0 amide bonds. The molecule has 5 heteroatoms. The van der Waals surface area contributed by atoms with Crippen LogP contribution in [0.25, 0.3) is 0 Å². The van der Waals surface area contributed by atoms with Crippen molar-refractivity contribution in [3.05, 3.63) is 47.8 Å². The third-order valence-electron chi connectivity index (χ3n) is 2.12. The molecule has 1 aromatic carbocycles. The predicted octanol–water partition coefficient (Wildman–Crippen LogP) is 1.22. The molecular formula is C10H10FN3O. The number of aromatic amines is 1. The maximum atomic E-state index is 13.2. The smallest absolute Gasteiger partial charge is 0.153 e. The van der Waals surface area contributed by atoms with Crippen molar-refractivity contribution in [2.24, 2.45) is 0 Å². The SMILES string of the molecule is OC(Cc1ccccc1F)c1ncn[nH]1. The van der Waals surface area contributed by atoms with Gasteiger partial charge in [0.05, 0.1) is 0 Å². The highest BCUT2D eigenvalue weighted by atomic mass is 19.1. The van der Waals surface area contributed by atoms with Crippen LogP contribution in [0.2, 0.25) is 0 Å². The summed E-state index contributed by atoms with van der Waals surface area (Å²) in [5.74, 6) is 0.0225. The van der Waals surface area contributed by atoms with Crippen molar-refractivity contribution in [2.45, 2.75) is 12.5 Å². The molecule has 0 radical (unpaired) electrons. The van der Waals surface area contributed by atoms with E-state index in [1.807, 2.05) is 0 Å². The van der Waals surface area contributed by atoms with Crippen molar-refractivity contribution < 1.29 is 9.50 Å². The Kier molecular flexibility index (Phi) is 2.73. The molecule has 2 aromatic rings. The summed E-state index contributed by atoms with van der Waals surface area (Å²) in [6, 6.07) is 6.34. The number of aliphatic hydroxyl groups excluding tert-OH is 1. The molecule has 0 aliphatic carbocycles. The first kappa shape index (κ1) is 9.79. The van der Waals surface area contributed by atoms with Gasteiger partial charge in [0, 0.05) is 6.42 Å². The zero-order valence-electron chi connectivity index (χ0n) is 7.89. The molecule has 0 aliphatic heterocycles. The van der Waals surface area contributed by atoms with E-state index in [1.165, 1.54) is 12.4 Å². The van der Waals surface area contributed by atoms with Crippen LogP contribution in [0, 0.1) is 5.82 Å². The summed E-state index contributed by atoms with van der Waals surface area (Å²) in [5, 5.41) is 15.8. The summed E-state index contributed by atoms with van der Waals surface area (Å²) in [6.45, 7) is 0. The lowest BCUT2D eigenvalue weighted by Crippen LogP contribution is -2.05. The van der Waals surface area contributed by atoms with E-state index in [1.54, 1.807) is 18.2 Å². The minimum absolute atomic E-state index is 0.182. The first-order valence-corrected chi connectivity index (χ1v) is 4.54. The van der Waals surface area contributed by atoms with Crippen molar-refractivity contribution in [1.29, 1.82) is 0 Å². The van der Waals surface area contributed by atoms with E-state index in [9.17, 15) is 9.50 Å². The Morgan fingerprint density at radius 2 is 2.20 bits per heavy atom. The number of hydrogen-bond donors (Lipinski definition) is 2. The lowest BCUT2D eigenvalue weighted by atomic mass is 10.1. The summed E-state index contributed by atoms with van der Waals surface area (Å²) in [4.78, 5) is 3.80. The Bertz CT molecular complexity index is 430. The van der Waals surface area contributed by atoms with E-state index >= 15 is 0 Å². The van der Waals surface area contributed by atoms with Gasteiger partial charge in [0.25, 0.3) is 0 Å². The Hall–Kier alpha value is -1.75. The number of aromatic nitrogens is 3. The number of aliphatic hydroxyl groups is 1. The van der Waals surface area contributed by atoms with Crippen LogP contribution < -0.4 is 0 Å². The number of nitrogens with zero attached hydrogens (tertiary/aromatic N) is 2. The van der Waals surface area contributed by atoms with E-state index < -0.39 is 6.10 Å². The molecule has 0 fully saturated rings. The molecular weight excluding hydrogens is 197 g/mol. The van der Waals surface area contributed by atoms with Gasteiger partial charge in [-0.2, -0.15) is 5.10 Å². The lowest BCUT2D eigenvalue weighted by molar-refractivity contribution is 0.167. The Labute approximate surface area is 85.8 Å². The molecule has 2 N–H and O–H groups in total. The van der Waals surface area contributed by atoms with E-state index in [4.69, 9.17) is 0 Å². The number of nitrogens with one attached hydrogen (secondary N) is 1. The molecule has 0 bridgehead atoms. The third-order valence-corrected chi connectivity index (χ3v) is 2.12. The maximum absolute atomic E-state index is 13.2. The summed E-state index contributed by atoms with van der Waals surface area (Å²) in [6.07, 6.45) is 0.631. The Balaban J connectivity index is 2.13. The maximum Gasteiger partial charge on any atom is 0.153 e. The van der Waals surface area contributed by atoms with Crippen molar-refractivity contribution >= 4 is 0 Å². The number of halogens is 1. The van der Waals surface area contributed by atoms with Gasteiger partial charge in [-0.15, -0.1) is 0 Å². The Morgan fingerprint density at radius 1 is 1.40 bits per heavy atom. The average molecular weight is 207 g/mol. The summed E-state index contributed by atoms with van der Waals surface area (Å²) in [7, 11) is 0. The summed E-state index contributed by atoms with van der Waals surface area (Å²) >= 11 is 0. The first-order chi connectivity index (χ1) is 7.27. The third kappa shape index (κ3) is 2.19. The van der Waals surface area contributed by atoms with E-state index in [-0.39, 0.29) is 12.2 Å². The van der Waals surface area contributed by atoms with Crippen molar-refractivity contribution in [2.75, 3.05) is 0 Å². The van der Waals surface area contributed by atoms with Crippen LogP contribution in [-0.2, 0) is 6.42 Å². The quantitative estimate of drug-likeness (QED) is 0.795. The zero-order chi connectivity index (χ0) is 10.7. The van der Waals surface area contributed by atoms with Gasteiger partial charge in [-0.1, -0.05) is 18.2 Å². The van der Waals surface area contributed by atoms with Crippen LogP contribution in [0.1, 0.15) is 17.5 Å². The molecule has 1 aromatic heterocycles. The van der Waals surface area contributed by atoms with Gasteiger partial charge in [-0.05, 0) is 11.6 Å². The summed E-state index contributed by atoms with van der Waals surface area (Å²) < 4.78 is 13.2. The number of hydrogen-bond acceptors (Lipinski definition) is 3. The van der Waals surface area contributed by atoms with Crippen molar-refractivity contribution in [1.82, 2.24) is 15.2 Å². The van der Waals surface area contributed by atoms with E-state index in [2.05, 4.69) is 15.2 Å². The van der Waals surface area contributed by atoms with Crippen LogP contribution in [-0.4, -0.2) is 20.3 Å². The average Bonchev–Trinajstić information content (AvgIpc) is 2.74.